The van der Waals surface area contributed by atoms with Gasteiger partial charge in [-0.3, -0.25) is 0 Å². The fraction of sp³-hybridized carbons (Fsp3) is 0.0222. The van der Waals surface area contributed by atoms with Gasteiger partial charge in [0.2, 0.25) is 0 Å². The van der Waals surface area contributed by atoms with Gasteiger partial charge < -0.3 is 0 Å². The zero-order valence-electron chi connectivity index (χ0n) is 24.8. The molecule has 0 heterocycles. The fourth-order valence-electron chi connectivity index (χ4n) is 7.59. The molecule has 0 radical (unpaired) electrons. The lowest BCUT2D eigenvalue weighted by atomic mass is 9.67. The third-order valence-corrected chi connectivity index (χ3v) is 9.75. The molecule has 0 saturated heterocycles. The van der Waals surface area contributed by atoms with Gasteiger partial charge in [0.25, 0.3) is 0 Å². The third-order valence-electron chi connectivity index (χ3n) is 9.75. The van der Waals surface area contributed by atoms with E-state index in [2.05, 4.69) is 182 Å². The zero-order valence-corrected chi connectivity index (χ0v) is 24.8. The molecule has 9 rings (SSSR count). The lowest BCUT2D eigenvalue weighted by Gasteiger charge is -2.34. The van der Waals surface area contributed by atoms with Crippen molar-refractivity contribution < 1.29 is 0 Å². The summed E-state index contributed by atoms with van der Waals surface area (Å²) in [4.78, 5) is 0. The highest BCUT2D eigenvalue weighted by atomic mass is 14.5. The molecule has 0 aliphatic heterocycles. The molecule has 1 aliphatic rings. The number of fused-ring (bicyclic) bond motifs is 5. The van der Waals surface area contributed by atoms with Crippen LogP contribution < -0.4 is 0 Å². The summed E-state index contributed by atoms with van der Waals surface area (Å²) in [6, 6.07) is 67.2. The van der Waals surface area contributed by atoms with Crippen LogP contribution in [0.1, 0.15) is 22.3 Å². The van der Waals surface area contributed by atoms with E-state index in [1.165, 1.54) is 77.2 Å². The Labute approximate surface area is 263 Å². The van der Waals surface area contributed by atoms with Crippen molar-refractivity contribution in [2.75, 3.05) is 0 Å². The largest absolute Gasteiger partial charge is 0.0713 e. The lowest BCUT2D eigenvalue weighted by Crippen LogP contribution is -2.28. The van der Waals surface area contributed by atoms with Crippen molar-refractivity contribution in [1.29, 1.82) is 0 Å². The molecule has 0 atom stereocenters. The molecule has 0 saturated carbocycles. The molecule has 0 amide bonds. The molecule has 210 valence electrons. The molecule has 0 nitrogen and oxygen atoms in total. The normalized spacial score (nSPS) is 13.1. The molecule has 0 aromatic heterocycles. The second-order valence-corrected chi connectivity index (χ2v) is 12.1. The molecule has 0 fully saturated rings. The fourth-order valence-corrected chi connectivity index (χ4v) is 7.59. The van der Waals surface area contributed by atoms with Crippen LogP contribution in [0.5, 0.6) is 0 Å². The Morgan fingerprint density at radius 1 is 0.267 bits per heavy atom. The summed E-state index contributed by atoms with van der Waals surface area (Å²) in [6.45, 7) is 0. The van der Waals surface area contributed by atoms with Crippen molar-refractivity contribution in [2.45, 2.75) is 5.41 Å². The van der Waals surface area contributed by atoms with Crippen molar-refractivity contribution >= 4 is 21.5 Å². The van der Waals surface area contributed by atoms with Crippen LogP contribution in [-0.2, 0) is 5.41 Å². The molecule has 45 heavy (non-hydrogen) atoms. The standard InChI is InChI=1S/C45H30/c1-3-11-35-29-37(19-17-31(35)9-1)33-21-25-39(26-22-33)45(43-15-7-5-13-41(43)42-14-6-8-16-44(42)45)40-27-23-34(24-28-40)38-20-18-32-10-2-4-12-36(32)30-38/h1-30H. The highest BCUT2D eigenvalue weighted by Crippen LogP contribution is 2.56. The summed E-state index contributed by atoms with van der Waals surface area (Å²) >= 11 is 0. The maximum absolute atomic E-state index is 2.35. The van der Waals surface area contributed by atoms with Crippen LogP contribution in [0.3, 0.4) is 0 Å². The van der Waals surface area contributed by atoms with Crippen molar-refractivity contribution in [3.05, 3.63) is 204 Å². The molecule has 0 heteroatoms. The van der Waals surface area contributed by atoms with Gasteiger partial charge >= 0.3 is 0 Å². The minimum Gasteiger partial charge on any atom is -0.0619 e. The highest BCUT2D eigenvalue weighted by Gasteiger charge is 2.45. The van der Waals surface area contributed by atoms with Crippen LogP contribution in [0.15, 0.2) is 182 Å². The maximum Gasteiger partial charge on any atom is 0.0713 e. The SMILES string of the molecule is c1ccc2c(c1)-c1ccccc1C2(c1ccc(-c2ccc3ccccc3c2)cc1)c1ccc(-c2ccc3ccccc3c2)cc1. The van der Waals surface area contributed by atoms with E-state index in [4.69, 9.17) is 0 Å². The molecule has 8 aromatic rings. The highest BCUT2D eigenvalue weighted by molar-refractivity contribution is 5.90. The van der Waals surface area contributed by atoms with Gasteiger partial charge in [0.05, 0.1) is 5.41 Å². The summed E-state index contributed by atoms with van der Waals surface area (Å²) in [5.74, 6) is 0. The minimum atomic E-state index is -0.420. The lowest BCUT2D eigenvalue weighted by molar-refractivity contribution is 0.769. The van der Waals surface area contributed by atoms with Crippen molar-refractivity contribution in [3.8, 4) is 33.4 Å². The van der Waals surface area contributed by atoms with Crippen LogP contribution in [0.4, 0.5) is 0 Å². The number of hydrogen-bond donors (Lipinski definition) is 0. The maximum atomic E-state index is 2.35. The quantitative estimate of drug-likeness (QED) is 0.197. The van der Waals surface area contributed by atoms with Crippen molar-refractivity contribution in [3.63, 3.8) is 0 Å². The molecule has 0 bridgehead atoms. The zero-order chi connectivity index (χ0) is 29.8. The van der Waals surface area contributed by atoms with Crippen LogP contribution in [0.2, 0.25) is 0 Å². The van der Waals surface area contributed by atoms with Crippen LogP contribution in [0, 0.1) is 0 Å². The minimum absolute atomic E-state index is 0.420. The first-order valence-electron chi connectivity index (χ1n) is 15.7. The Hall–Kier alpha value is -5.72. The third kappa shape index (κ3) is 4.00. The molecule has 0 spiro atoms. The molecule has 0 unspecified atom stereocenters. The number of hydrogen-bond acceptors (Lipinski definition) is 0. The Morgan fingerprint density at radius 3 is 1.07 bits per heavy atom. The second-order valence-electron chi connectivity index (χ2n) is 12.1. The summed E-state index contributed by atoms with van der Waals surface area (Å²) < 4.78 is 0. The predicted octanol–water partition coefficient (Wildman–Crippen LogP) is 11.7. The monoisotopic (exact) mass is 570 g/mol. The number of rotatable bonds is 4. The van der Waals surface area contributed by atoms with E-state index in [9.17, 15) is 0 Å². The van der Waals surface area contributed by atoms with Crippen LogP contribution in [0.25, 0.3) is 54.9 Å². The Bertz CT molecular complexity index is 2190. The van der Waals surface area contributed by atoms with Crippen molar-refractivity contribution in [1.82, 2.24) is 0 Å². The van der Waals surface area contributed by atoms with Gasteiger partial charge in [0.1, 0.15) is 0 Å². The summed E-state index contributed by atoms with van der Waals surface area (Å²) in [7, 11) is 0. The van der Waals surface area contributed by atoms with Gasteiger partial charge in [-0.05, 0) is 89.3 Å². The van der Waals surface area contributed by atoms with Gasteiger partial charge in [-0.15, -0.1) is 0 Å². The smallest absolute Gasteiger partial charge is 0.0619 e. The van der Waals surface area contributed by atoms with Crippen LogP contribution in [-0.4, -0.2) is 0 Å². The molecular weight excluding hydrogens is 540 g/mol. The Balaban J connectivity index is 1.21. The van der Waals surface area contributed by atoms with Gasteiger partial charge in [-0.25, -0.2) is 0 Å². The second kappa shape index (κ2) is 10.2. The van der Waals surface area contributed by atoms with E-state index in [0.29, 0.717) is 0 Å². The van der Waals surface area contributed by atoms with Gasteiger partial charge in [0.15, 0.2) is 0 Å². The summed E-state index contributed by atoms with van der Waals surface area (Å²) in [5, 5.41) is 5.06. The van der Waals surface area contributed by atoms with Gasteiger partial charge in [0, 0.05) is 0 Å². The van der Waals surface area contributed by atoms with E-state index in [-0.39, 0.29) is 0 Å². The van der Waals surface area contributed by atoms with E-state index < -0.39 is 5.41 Å². The van der Waals surface area contributed by atoms with E-state index in [0.717, 1.165) is 0 Å². The van der Waals surface area contributed by atoms with Gasteiger partial charge in [-0.1, -0.05) is 170 Å². The Kier molecular flexibility index (Phi) is 5.83. The first-order valence-corrected chi connectivity index (χ1v) is 15.7. The van der Waals surface area contributed by atoms with Gasteiger partial charge in [-0.2, -0.15) is 0 Å². The predicted molar refractivity (Wildman–Crippen MR) is 190 cm³/mol. The van der Waals surface area contributed by atoms with Crippen molar-refractivity contribution in [2.24, 2.45) is 0 Å². The molecular formula is C45H30. The van der Waals surface area contributed by atoms with E-state index in [1.54, 1.807) is 0 Å². The summed E-state index contributed by atoms with van der Waals surface area (Å²) in [6.07, 6.45) is 0. The van der Waals surface area contributed by atoms with Crippen LogP contribution >= 0.6 is 0 Å². The first-order chi connectivity index (χ1) is 22.3. The first kappa shape index (κ1) is 25.7. The molecule has 8 aromatic carbocycles. The van der Waals surface area contributed by atoms with E-state index in [1.807, 2.05) is 0 Å². The Morgan fingerprint density at radius 2 is 0.622 bits per heavy atom. The molecule has 1 aliphatic carbocycles. The average molecular weight is 571 g/mol. The number of benzene rings is 8. The molecule has 0 N–H and O–H groups in total. The average Bonchev–Trinajstić information content (AvgIpc) is 3.42. The summed E-state index contributed by atoms with van der Waals surface area (Å²) in [5.41, 5.74) is 12.4. The topological polar surface area (TPSA) is 0 Å². The van der Waals surface area contributed by atoms with E-state index >= 15 is 0 Å².